The molecule has 1 rings (SSSR count). The van der Waals surface area contributed by atoms with Crippen LogP contribution in [0.4, 0.5) is 4.79 Å². The molecule has 0 spiro atoms. The number of hydrogen-bond acceptors (Lipinski definition) is 5. The van der Waals surface area contributed by atoms with Crippen molar-refractivity contribution >= 4 is 6.09 Å². The molecule has 0 bridgehead atoms. The maximum atomic E-state index is 12.1. The number of nitrogens with one attached hydrogen (secondary N) is 1. The summed E-state index contributed by atoms with van der Waals surface area (Å²) < 4.78 is 11.5. The first-order chi connectivity index (χ1) is 17.5. The van der Waals surface area contributed by atoms with Crippen LogP contribution in [0, 0.1) is 0 Å². The lowest BCUT2D eigenvalue weighted by atomic mass is 10.0. The van der Waals surface area contributed by atoms with Gasteiger partial charge < -0.3 is 14.8 Å². The highest BCUT2D eigenvalue weighted by atomic mass is 16.6. The van der Waals surface area contributed by atoms with Gasteiger partial charge in [-0.15, -0.1) is 0 Å². The van der Waals surface area contributed by atoms with Crippen molar-refractivity contribution in [3.63, 3.8) is 0 Å². The van der Waals surface area contributed by atoms with Gasteiger partial charge in [-0.2, -0.15) is 0 Å². The molecule has 6 nitrogen and oxygen atoms in total. The number of nitrogens with zero attached hydrogens (tertiary/aromatic N) is 2. The van der Waals surface area contributed by atoms with E-state index in [1.54, 1.807) is 0 Å². The van der Waals surface area contributed by atoms with Crippen molar-refractivity contribution in [1.82, 2.24) is 15.1 Å². The van der Waals surface area contributed by atoms with Crippen molar-refractivity contribution in [2.75, 3.05) is 47.0 Å². The SMILES string of the molecule is CCCCCCCCCCCCCCCCCCOCC(COC(=O)NC(C)N(C)C)N1CCCC1. The molecular formula is C30H61N3O3. The first-order valence-corrected chi connectivity index (χ1v) is 15.5. The Morgan fingerprint density at radius 2 is 1.25 bits per heavy atom. The molecule has 1 amide bonds. The van der Waals surface area contributed by atoms with Crippen LogP contribution in [0.2, 0.25) is 0 Å². The number of amides is 1. The number of rotatable bonds is 24. The topological polar surface area (TPSA) is 54.0 Å². The van der Waals surface area contributed by atoms with E-state index < -0.39 is 0 Å². The monoisotopic (exact) mass is 511 g/mol. The minimum atomic E-state index is -0.349. The molecule has 1 aliphatic rings. The van der Waals surface area contributed by atoms with E-state index in [9.17, 15) is 4.79 Å². The number of unbranched alkanes of at least 4 members (excludes halogenated alkanes) is 15. The maximum Gasteiger partial charge on any atom is 0.408 e. The van der Waals surface area contributed by atoms with E-state index in [1.165, 1.54) is 109 Å². The molecular weight excluding hydrogens is 450 g/mol. The highest BCUT2D eigenvalue weighted by molar-refractivity contribution is 5.67. The van der Waals surface area contributed by atoms with E-state index >= 15 is 0 Å². The number of alkyl carbamates (subject to hydrolysis) is 1. The lowest BCUT2D eigenvalue weighted by Gasteiger charge is -2.27. The average molecular weight is 512 g/mol. The van der Waals surface area contributed by atoms with Gasteiger partial charge in [0.15, 0.2) is 0 Å². The summed E-state index contributed by atoms with van der Waals surface area (Å²) in [4.78, 5) is 16.5. The lowest BCUT2D eigenvalue weighted by Crippen LogP contribution is -2.45. The highest BCUT2D eigenvalue weighted by Gasteiger charge is 2.24. The van der Waals surface area contributed by atoms with Gasteiger partial charge in [-0.1, -0.05) is 103 Å². The zero-order valence-electron chi connectivity index (χ0n) is 24.5. The van der Waals surface area contributed by atoms with Gasteiger partial charge in [-0.3, -0.25) is 9.80 Å². The highest BCUT2D eigenvalue weighted by Crippen LogP contribution is 2.15. The minimum absolute atomic E-state index is 0.0473. The lowest BCUT2D eigenvalue weighted by molar-refractivity contribution is 0.0296. The number of ether oxygens (including phenoxy) is 2. The van der Waals surface area contributed by atoms with Crippen molar-refractivity contribution in [3.05, 3.63) is 0 Å². The Morgan fingerprint density at radius 1 is 0.778 bits per heavy atom. The Bertz CT molecular complexity index is 498. The standard InChI is InChI=1S/C30H61N3O3/c1-5-6-7-8-9-10-11-12-13-14-15-16-17-18-19-22-25-35-26-29(33-23-20-21-24-33)27-36-30(34)31-28(2)32(3)4/h28-29H,5-27H2,1-4H3,(H,31,34). The number of carbonyl (C=O) groups is 1. The Labute approximate surface area is 224 Å². The van der Waals surface area contributed by atoms with Gasteiger partial charge in [-0.05, 0) is 53.4 Å². The first kappa shape index (κ1) is 33.2. The average Bonchev–Trinajstić information content (AvgIpc) is 3.39. The van der Waals surface area contributed by atoms with Crippen molar-refractivity contribution in [1.29, 1.82) is 0 Å². The summed E-state index contributed by atoms with van der Waals surface area (Å²) in [5.41, 5.74) is 0. The van der Waals surface area contributed by atoms with Crippen LogP contribution in [0.1, 0.15) is 129 Å². The van der Waals surface area contributed by atoms with E-state index in [0.29, 0.717) is 13.2 Å². The summed E-state index contributed by atoms with van der Waals surface area (Å²) in [6, 6.07) is 0.161. The van der Waals surface area contributed by atoms with Gasteiger partial charge >= 0.3 is 6.09 Å². The summed E-state index contributed by atoms with van der Waals surface area (Å²) in [7, 11) is 3.87. The predicted molar refractivity (Wildman–Crippen MR) is 153 cm³/mol. The molecule has 0 saturated carbocycles. The van der Waals surface area contributed by atoms with Gasteiger partial charge in [0.1, 0.15) is 6.61 Å². The van der Waals surface area contributed by atoms with Crippen molar-refractivity contribution < 1.29 is 14.3 Å². The molecule has 0 radical (unpaired) electrons. The summed E-state index contributed by atoms with van der Waals surface area (Å²) in [5, 5.41) is 2.86. The van der Waals surface area contributed by atoms with Crippen molar-refractivity contribution in [3.8, 4) is 0 Å². The third-order valence-corrected chi connectivity index (χ3v) is 7.62. The molecule has 6 heteroatoms. The number of likely N-dealkylation sites (tertiary alicyclic amines) is 1. The normalized spacial score (nSPS) is 15.9. The molecule has 1 heterocycles. The molecule has 1 saturated heterocycles. The smallest absolute Gasteiger partial charge is 0.408 e. The molecule has 1 N–H and O–H groups in total. The zero-order chi connectivity index (χ0) is 26.3. The number of hydrogen-bond donors (Lipinski definition) is 1. The second-order valence-electron chi connectivity index (χ2n) is 11.2. The van der Waals surface area contributed by atoms with Gasteiger partial charge in [0.2, 0.25) is 0 Å². The van der Waals surface area contributed by atoms with Crippen LogP contribution in [0.15, 0.2) is 0 Å². The van der Waals surface area contributed by atoms with Crippen LogP contribution in [-0.4, -0.2) is 75.1 Å². The third kappa shape index (κ3) is 18.4. The summed E-state index contributed by atoms with van der Waals surface area (Å²) >= 11 is 0. The minimum Gasteiger partial charge on any atom is -0.448 e. The van der Waals surface area contributed by atoms with E-state index in [2.05, 4.69) is 17.1 Å². The molecule has 0 aromatic heterocycles. The third-order valence-electron chi connectivity index (χ3n) is 7.62. The Kier molecular flexibility index (Phi) is 21.5. The van der Waals surface area contributed by atoms with E-state index in [1.807, 2.05) is 25.9 Å². The quantitative estimate of drug-likeness (QED) is 0.108. The maximum absolute atomic E-state index is 12.1. The molecule has 1 aliphatic heterocycles. The summed E-state index contributed by atoms with van der Waals surface area (Å²) in [5.74, 6) is 0. The van der Waals surface area contributed by atoms with E-state index in [4.69, 9.17) is 9.47 Å². The van der Waals surface area contributed by atoms with Crippen LogP contribution in [0.3, 0.4) is 0 Å². The molecule has 2 unspecified atom stereocenters. The second kappa shape index (κ2) is 23.3. The van der Waals surface area contributed by atoms with Crippen LogP contribution >= 0.6 is 0 Å². The van der Waals surface area contributed by atoms with Gasteiger partial charge in [-0.25, -0.2) is 4.79 Å². The summed E-state index contributed by atoms with van der Waals surface area (Å²) in [6.45, 7) is 8.24. The molecule has 2 atom stereocenters. The summed E-state index contributed by atoms with van der Waals surface area (Å²) in [6.07, 6.45) is 24.2. The Morgan fingerprint density at radius 3 is 1.72 bits per heavy atom. The first-order valence-electron chi connectivity index (χ1n) is 15.5. The van der Waals surface area contributed by atoms with Crippen LogP contribution < -0.4 is 5.32 Å². The number of carbonyl (C=O) groups excluding carboxylic acids is 1. The predicted octanol–water partition coefficient (Wildman–Crippen LogP) is 7.36. The molecule has 0 aromatic carbocycles. The van der Waals surface area contributed by atoms with Crippen LogP contribution in [0.25, 0.3) is 0 Å². The van der Waals surface area contributed by atoms with E-state index in [0.717, 1.165) is 26.1 Å². The van der Waals surface area contributed by atoms with Crippen molar-refractivity contribution in [2.24, 2.45) is 0 Å². The van der Waals surface area contributed by atoms with E-state index in [-0.39, 0.29) is 18.3 Å². The van der Waals surface area contributed by atoms with Gasteiger partial charge in [0, 0.05) is 6.61 Å². The fraction of sp³-hybridized carbons (Fsp3) is 0.967. The fourth-order valence-corrected chi connectivity index (χ4v) is 4.85. The van der Waals surface area contributed by atoms with Crippen molar-refractivity contribution in [2.45, 2.75) is 142 Å². The molecule has 214 valence electrons. The molecule has 36 heavy (non-hydrogen) atoms. The van der Waals surface area contributed by atoms with Gasteiger partial charge in [0.25, 0.3) is 0 Å². The molecule has 0 aromatic rings. The van der Waals surface area contributed by atoms with Gasteiger partial charge in [0.05, 0.1) is 18.8 Å². The Balaban J connectivity index is 1.96. The van der Waals surface area contributed by atoms with Crippen LogP contribution in [0.5, 0.6) is 0 Å². The molecule has 1 fully saturated rings. The van der Waals surface area contributed by atoms with Crippen LogP contribution in [-0.2, 0) is 9.47 Å². The Hall–Kier alpha value is -0.850. The molecule has 0 aliphatic carbocycles. The zero-order valence-corrected chi connectivity index (χ0v) is 24.5. The fourth-order valence-electron chi connectivity index (χ4n) is 4.85. The largest absolute Gasteiger partial charge is 0.448 e. The second-order valence-corrected chi connectivity index (χ2v) is 11.2.